The van der Waals surface area contributed by atoms with Crippen molar-refractivity contribution >= 4 is 28.9 Å². The average molecular weight is 361 g/mol. The zero-order chi connectivity index (χ0) is 18.1. The van der Waals surface area contributed by atoms with Crippen LogP contribution in [-0.2, 0) is 0 Å². The highest BCUT2D eigenvalue weighted by molar-refractivity contribution is 7.10. The molecule has 0 bridgehead atoms. The van der Waals surface area contributed by atoms with Gasteiger partial charge in [-0.1, -0.05) is 30.3 Å². The molecule has 1 aliphatic heterocycles. The molecule has 26 heavy (non-hydrogen) atoms. The van der Waals surface area contributed by atoms with Gasteiger partial charge in [-0.25, -0.2) is 0 Å². The van der Waals surface area contributed by atoms with Crippen molar-refractivity contribution in [1.29, 1.82) is 0 Å². The van der Waals surface area contributed by atoms with E-state index in [9.17, 15) is 4.79 Å². The monoisotopic (exact) mass is 361 g/mol. The summed E-state index contributed by atoms with van der Waals surface area (Å²) < 4.78 is 6.25. The van der Waals surface area contributed by atoms with Gasteiger partial charge in [-0.2, -0.15) is 0 Å². The third kappa shape index (κ3) is 3.04. The summed E-state index contributed by atoms with van der Waals surface area (Å²) in [6, 6.07) is 19.6. The number of thiophene rings is 1. The molecule has 0 saturated heterocycles. The Labute approximate surface area is 157 Å². The van der Waals surface area contributed by atoms with Gasteiger partial charge in [0, 0.05) is 30.2 Å². The summed E-state index contributed by atoms with van der Waals surface area (Å²) in [5.41, 5.74) is 3.38. The zero-order valence-electron chi connectivity index (χ0n) is 14.7. The molecule has 0 radical (unpaired) electrons. The Morgan fingerprint density at radius 3 is 2.46 bits per heavy atom. The molecule has 4 heteroatoms. The van der Waals surface area contributed by atoms with Crippen LogP contribution >= 0.6 is 11.3 Å². The number of hydrogen-bond acceptors (Lipinski definition) is 4. The van der Waals surface area contributed by atoms with E-state index in [2.05, 4.69) is 0 Å². The molecule has 3 aromatic rings. The number of rotatable bonds is 3. The quantitative estimate of drug-likeness (QED) is 0.600. The van der Waals surface area contributed by atoms with Crippen molar-refractivity contribution in [2.45, 2.75) is 6.10 Å². The minimum Gasteiger partial charge on any atom is -0.480 e. The molecule has 1 unspecified atom stereocenters. The van der Waals surface area contributed by atoms with Crippen LogP contribution < -0.4 is 9.64 Å². The second kappa shape index (κ2) is 6.81. The van der Waals surface area contributed by atoms with E-state index < -0.39 is 6.10 Å². The van der Waals surface area contributed by atoms with Gasteiger partial charge in [0.1, 0.15) is 5.75 Å². The number of benzene rings is 2. The van der Waals surface area contributed by atoms with Crippen molar-refractivity contribution in [1.82, 2.24) is 0 Å². The number of carbonyl (C=O) groups is 1. The van der Waals surface area contributed by atoms with Gasteiger partial charge in [0.15, 0.2) is 11.9 Å². The lowest BCUT2D eigenvalue weighted by Crippen LogP contribution is -2.23. The molecule has 0 N–H and O–H groups in total. The topological polar surface area (TPSA) is 29.5 Å². The van der Waals surface area contributed by atoms with Crippen molar-refractivity contribution < 1.29 is 9.53 Å². The van der Waals surface area contributed by atoms with Crippen LogP contribution in [0.15, 0.2) is 71.6 Å². The van der Waals surface area contributed by atoms with Crippen molar-refractivity contribution in [3.8, 4) is 5.75 Å². The maximum absolute atomic E-state index is 13.1. The first kappa shape index (κ1) is 16.6. The summed E-state index contributed by atoms with van der Waals surface area (Å²) in [4.78, 5) is 16.2. The van der Waals surface area contributed by atoms with Crippen molar-refractivity contribution in [3.05, 3.63) is 87.6 Å². The Balaban J connectivity index is 1.81. The number of carbonyl (C=O) groups excluding carboxylic acids is 1. The fraction of sp³-hybridized carbons (Fsp3) is 0.136. The van der Waals surface area contributed by atoms with Gasteiger partial charge < -0.3 is 9.64 Å². The van der Waals surface area contributed by atoms with E-state index in [4.69, 9.17) is 4.74 Å². The fourth-order valence-electron chi connectivity index (χ4n) is 3.08. The standard InChI is InChI=1S/C22H19NO2S/c1-23(2)16-11-9-15(10-12-16)22-19(14-17-6-5-13-26-17)21(24)18-7-3-4-8-20(18)25-22/h3-14,22H,1-2H3/b19-14-. The van der Waals surface area contributed by atoms with Crippen LogP contribution in [0.2, 0.25) is 0 Å². The summed E-state index contributed by atoms with van der Waals surface area (Å²) in [6.45, 7) is 0. The lowest BCUT2D eigenvalue weighted by atomic mass is 9.90. The Hall–Kier alpha value is -2.85. The first-order valence-electron chi connectivity index (χ1n) is 8.46. The maximum Gasteiger partial charge on any atom is 0.196 e. The second-order valence-electron chi connectivity index (χ2n) is 6.42. The normalized spacial score (nSPS) is 17.7. The van der Waals surface area contributed by atoms with Crippen LogP contribution in [0.5, 0.6) is 5.75 Å². The third-order valence-corrected chi connectivity index (χ3v) is 5.29. The van der Waals surface area contributed by atoms with Crippen LogP contribution in [0.3, 0.4) is 0 Å². The van der Waals surface area contributed by atoms with Crippen LogP contribution in [0.1, 0.15) is 26.9 Å². The Morgan fingerprint density at radius 2 is 1.77 bits per heavy atom. The largest absolute Gasteiger partial charge is 0.480 e. The average Bonchev–Trinajstić information content (AvgIpc) is 3.17. The number of hydrogen-bond donors (Lipinski definition) is 0. The molecule has 0 spiro atoms. The lowest BCUT2D eigenvalue weighted by Gasteiger charge is -2.28. The summed E-state index contributed by atoms with van der Waals surface area (Å²) >= 11 is 1.61. The molecule has 0 fully saturated rings. The molecule has 1 atom stereocenters. The van der Waals surface area contributed by atoms with Gasteiger partial charge in [-0.05, 0) is 47.4 Å². The van der Waals surface area contributed by atoms with Gasteiger partial charge in [0.25, 0.3) is 0 Å². The number of ether oxygens (including phenoxy) is 1. The first-order valence-corrected chi connectivity index (χ1v) is 9.34. The molecule has 130 valence electrons. The van der Waals surface area contributed by atoms with E-state index >= 15 is 0 Å². The van der Waals surface area contributed by atoms with E-state index in [-0.39, 0.29) is 5.78 Å². The molecule has 0 saturated carbocycles. The first-order chi connectivity index (χ1) is 12.6. The van der Waals surface area contributed by atoms with Crippen LogP contribution in [0, 0.1) is 0 Å². The molecule has 3 nitrogen and oxygen atoms in total. The summed E-state index contributed by atoms with van der Waals surface area (Å²) in [6.07, 6.45) is 1.55. The highest BCUT2D eigenvalue weighted by Crippen LogP contribution is 2.39. The van der Waals surface area contributed by atoms with Crippen molar-refractivity contribution in [3.63, 3.8) is 0 Å². The van der Waals surface area contributed by atoms with Crippen molar-refractivity contribution in [2.24, 2.45) is 0 Å². The highest BCUT2D eigenvalue weighted by Gasteiger charge is 2.32. The number of anilines is 1. The number of Topliss-reactive ketones (excluding diaryl/α,β-unsaturated/α-hetero) is 1. The number of fused-ring (bicyclic) bond motifs is 1. The Bertz CT molecular complexity index is 956. The number of nitrogens with zero attached hydrogens (tertiary/aromatic N) is 1. The van der Waals surface area contributed by atoms with Crippen LogP contribution in [0.4, 0.5) is 5.69 Å². The predicted molar refractivity (Wildman–Crippen MR) is 107 cm³/mol. The Morgan fingerprint density at radius 1 is 1.00 bits per heavy atom. The van der Waals surface area contributed by atoms with Gasteiger partial charge in [-0.15, -0.1) is 11.3 Å². The third-order valence-electron chi connectivity index (χ3n) is 4.47. The van der Waals surface area contributed by atoms with E-state index in [1.165, 1.54) is 0 Å². The smallest absolute Gasteiger partial charge is 0.196 e. The molecule has 0 aliphatic carbocycles. The van der Waals surface area contributed by atoms with Gasteiger partial charge in [0.2, 0.25) is 0 Å². The summed E-state index contributed by atoms with van der Waals surface area (Å²) in [7, 11) is 4.02. The molecule has 1 aromatic heterocycles. The Kier molecular flexibility index (Phi) is 4.35. The molecule has 4 rings (SSSR count). The minimum atomic E-state index is -0.407. The fourth-order valence-corrected chi connectivity index (χ4v) is 3.75. The van der Waals surface area contributed by atoms with E-state index in [0.29, 0.717) is 16.9 Å². The van der Waals surface area contributed by atoms with E-state index in [1.807, 2.05) is 91.1 Å². The van der Waals surface area contributed by atoms with E-state index in [1.54, 1.807) is 11.3 Å². The molecule has 1 aliphatic rings. The summed E-state index contributed by atoms with van der Waals surface area (Å²) in [5, 5.41) is 2.01. The molecule has 0 amide bonds. The molecule has 2 heterocycles. The highest BCUT2D eigenvalue weighted by atomic mass is 32.1. The minimum absolute atomic E-state index is 0.0296. The number of para-hydroxylation sites is 1. The zero-order valence-corrected chi connectivity index (χ0v) is 15.5. The second-order valence-corrected chi connectivity index (χ2v) is 7.40. The number of ketones is 1. The van der Waals surface area contributed by atoms with E-state index in [0.717, 1.165) is 16.1 Å². The molecular weight excluding hydrogens is 342 g/mol. The van der Waals surface area contributed by atoms with Crippen molar-refractivity contribution in [2.75, 3.05) is 19.0 Å². The molecule has 2 aromatic carbocycles. The SMILES string of the molecule is CN(C)c1ccc(C2Oc3ccccc3C(=O)/C2=C/c2cccs2)cc1. The van der Waals surface area contributed by atoms with Gasteiger partial charge in [0.05, 0.1) is 5.56 Å². The van der Waals surface area contributed by atoms with Gasteiger partial charge in [-0.3, -0.25) is 4.79 Å². The van der Waals surface area contributed by atoms with Crippen LogP contribution in [0.25, 0.3) is 6.08 Å². The van der Waals surface area contributed by atoms with Crippen LogP contribution in [-0.4, -0.2) is 19.9 Å². The predicted octanol–water partition coefficient (Wildman–Crippen LogP) is 5.21. The van der Waals surface area contributed by atoms with Gasteiger partial charge >= 0.3 is 0 Å². The summed E-state index contributed by atoms with van der Waals surface area (Å²) in [5.74, 6) is 0.671. The lowest BCUT2D eigenvalue weighted by molar-refractivity contribution is 0.0963. The maximum atomic E-state index is 13.1. The molecular formula is C22H19NO2S.